The van der Waals surface area contributed by atoms with E-state index in [0.29, 0.717) is 29.4 Å². The molecule has 0 atom stereocenters. The average molecular weight is 480 g/mol. The second-order valence-electron chi connectivity index (χ2n) is 7.57. The molecule has 0 aliphatic heterocycles. The van der Waals surface area contributed by atoms with Crippen LogP contribution in [-0.4, -0.2) is 40.4 Å². The molecule has 4 rings (SSSR count). The number of carbonyl (C=O) groups excluding carboxylic acids is 1. The molecule has 34 heavy (non-hydrogen) atoms. The highest BCUT2D eigenvalue weighted by Crippen LogP contribution is 2.32. The maximum Gasteiger partial charge on any atom is 0.233 e. The van der Waals surface area contributed by atoms with Gasteiger partial charge in [0, 0.05) is 29.4 Å². The zero-order valence-electron chi connectivity index (χ0n) is 18.8. The second kappa shape index (κ2) is 10.6. The predicted octanol–water partition coefficient (Wildman–Crippen LogP) is 5.72. The molecule has 0 aliphatic rings. The number of halogens is 2. The minimum absolute atomic E-state index is 0.0859. The molecule has 0 saturated heterocycles. The zero-order valence-corrected chi connectivity index (χ0v) is 19.6. The number of hydrogen-bond acceptors (Lipinski definition) is 5. The van der Waals surface area contributed by atoms with Crippen molar-refractivity contribution in [2.45, 2.75) is 18.5 Å². The van der Waals surface area contributed by atoms with Crippen molar-refractivity contribution in [3.63, 3.8) is 0 Å². The first kappa shape index (κ1) is 23.6. The third-order valence-electron chi connectivity index (χ3n) is 5.43. The van der Waals surface area contributed by atoms with Gasteiger partial charge in [-0.25, -0.2) is 8.78 Å². The highest BCUT2D eigenvalue weighted by molar-refractivity contribution is 8.00. The van der Waals surface area contributed by atoms with Gasteiger partial charge in [-0.05, 0) is 48.9 Å². The van der Waals surface area contributed by atoms with Crippen LogP contribution >= 0.6 is 11.8 Å². The maximum absolute atomic E-state index is 14.0. The van der Waals surface area contributed by atoms with Gasteiger partial charge >= 0.3 is 0 Å². The van der Waals surface area contributed by atoms with Crippen LogP contribution in [0.25, 0.3) is 22.0 Å². The summed E-state index contributed by atoms with van der Waals surface area (Å²) in [6, 6.07) is 18.5. The number of ether oxygens (including phenoxy) is 1. The molecule has 0 spiro atoms. The Morgan fingerprint density at radius 2 is 1.74 bits per heavy atom. The van der Waals surface area contributed by atoms with Crippen molar-refractivity contribution < 1.29 is 18.3 Å². The van der Waals surface area contributed by atoms with Crippen LogP contribution in [0.4, 0.5) is 8.78 Å². The Morgan fingerprint density at radius 1 is 1.00 bits per heavy atom. The molecule has 0 fully saturated rings. The van der Waals surface area contributed by atoms with Gasteiger partial charge in [-0.1, -0.05) is 42.1 Å². The van der Waals surface area contributed by atoms with Crippen molar-refractivity contribution in [3.05, 3.63) is 83.9 Å². The van der Waals surface area contributed by atoms with Crippen LogP contribution in [0.1, 0.15) is 12.5 Å². The highest BCUT2D eigenvalue weighted by atomic mass is 32.2. The van der Waals surface area contributed by atoms with Crippen LogP contribution in [-0.2, 0) is 11.3 Å². The van der Waals surface area contributed by atoms with E-state index in [1.807, 2.05) is 31.2 Å². The number of nitrogens with zero attached hydrogens (tertiary/aromatic N) is 3. The number of hydrogen-bond donors (Lipinski definition) is 0. The number of benzene rings is 3. The van der Waals surface area contributed by atoms with Gasteiger partial charge in [-0.3, -0.25) is 4.79 Å². The first-order valence-corrected chi connectivity index (χ1v) is 11.7. The number of fused-ring (bicyclic) bond motifs is 1. The van der Waals surface area contributed by atoms with Crippen LogP contribution in [0.5, 0.6) is 5.75 Å². The molecule has 1 aromatic heterocycles. The lowest BCUT2D eigenvalue weighted by Crippen LogP contribution is -2.31. The summed E-state index contributed by atoms with van der Waals surface area (Å²) in [5, 5.41) is 11.1. The molecule has 3 aromatic carbocycles. The van der Waals surface area contributed by atoms with Crippen LogP contribution in [0.2, 0.25) is 0 Å². The van der Waals surface area contributed by atoms with E-state index in [9.17, 15) is 13.6 Å². The fourth-order valence-electron chi connectivity index (χ4n) is 3.63. The van der Waals surface area contributed by atoms with Crippen molar-refractivity contribution >= 4 is 28.4 Å². The normalized spacial score (nSPS) is 10.9. The quantitative estimate of drug-likeness (QED) is 0.302. The van der Waals surface area contributed by atoms with E-state index in [1.165, 1.54) is 37.1 Å². The number of amides is 1. The second-order valence-corrected chi connectivity index (χ2v) is 8.54. The zero-order chi connectivity index (χ0) is 24.1. The molecule has 8 heteroatoms. The van der Waals surface area contributed by atoms with Gasteiger partial charge in [0.25, 0.3) is 0 Å². The van der Waals surface area contributed by atoms with Gasteiger partial charge in [-0.2, -0.15) is 0 Å². The third-order valence-corrected chi connectivity index (χ3v) is 6.39. The standard InChI is InChI=1S/C26H23F2N3O2S/c1-3-31(15-17-8-13-23(33-2)22(28)14-17)24(32)16-34-26-21-7-5-4-6-20(21)25(29-30-26)18-9-11-19(27)12-10-18/h4-14H,3,15-16H2,1-2H3. The van der Waals surface area contributed by atoms with Crippen molar-refractivity contribution in [1.29, 1.82) is 0 Å². The minimum Gasteiger partial charge on any atom is -0.494 e. The molecule has 0 unspecified atom stereocenters. The molecule has 4 aromatic rings. The summed E-state index contributed by atoms with van der Waals surface area (Å²) < 4.78 is 32.3. The molecule has 0 aliphatic carbocycles. The van der Waals surface area contributed by atoms with Crippen LogP contribution in [0.3, 0.4) is 0 Å². The highest BCUT2D eigenvalue weighted by Gasteiger charge is 2.17. The molecular weight excluding hydrogens is 456 g/mol. The fraction of sp³-hybridized carbons (Fsp3) is 0.192. The Kier molecular flexibility index (Phi) is 7.37. The summed E-state index contributed by atoms with van der Waals surface area (Å²) in [5.41, 5.74) is 2.11. The Morgan fingerprint density at radius 3 is 2.41 bits per heavy atom. The lowest BCUT2D eigenvalue weighted by molar-refractivity contribution is -0.128. The summed E-state index contributed by atoms with van der Waals surface area (Å²) in [4.78, 5) is 14.6. The number of rotatable bonds is 8. The van der Waals surface area contributed by atoms with E-state index < -0.39 is 5.82 Å². The van der Waals surface area contributed by atoms with Gasteiger partial charge in [0.2, 0.25) is 5.91 Å². The molecule has 0 bridgehead atoms. The van der Waals surface area contributed by atoms with Gasteiger partial charge in [-0.15, -0.1) is 10.2 Å². The van der Waals surface area contributed by atoms with Crippen molar-refractivity contribution in [3.8, 4) is 17.0 Å². The Labute approximate surface area is 200 Å². The average Bonchev–Trinajstić information content (AvgIpc) is 2.86. The minimum atomic E-state index is -0.458. The van der Waals surface area contributed by atoms with E-state index in [1.54, 1.807) is 29.2 Å². The lowest BCUT2D eigenvalue weighted by Gasteiger charge is -2.21. The van der Waals surface area contributed by atoms with Crippen LogP contribution in [0.15, 0.2) is 71.8 Å². The molecule has 1 amide bonds. The monoisotopic (exact) mass is 479 g/mol. The van der Waals surface area contributed by atoms with E-state index in [0.717, 1.165) is 16.3 Å². The molecule has 0 saturated carbocycles. The fourth-order valence-corrected chi connectivity index (χ4v) is 4.51. The number of aromatic nitrogens is 2. The van der Waals surface area contributed by atoms with Gasteiger partial charge in [0.15, 0.2) is 11.6 Å². The van der Waals surface area contributed by atoms with E-state index in [4.69, 9.17) is 4.74 Å². The van der Waals surface area contributed by atoms with Crippen molar-refractivity contribution in [1.82, 2.24) is 15.1 Å². The lowest BCUT2D eigenvalue weighted by atomic mass is 10.1. The molecule has 0 radical (unpaired) electrons. The maximum atomic E-state index is 14.0. The summed E-state index contributed by atoms with van der Waals surface area (Å²) in [6.45, 7) is 2.67. The van der Waals surface area contributed by atoms with Crippen molar-refractivity contribution in [2.24, 2.45) is 0 Å². The largest absolute Gasteiger partial charge is 0.494 e. The first-order valence-electron chi connectivity index (χ1n) is 10.7. The summed E-state index contributed by atoms with van der Waals surface area (Å²) in [6.07, 6.45) is 0. The first-order chi connectivity index (χ1) is 16.5. The van der Waals surface area contributed by atoms with Crippen LogP contribution < -0.4 is 4.74 Å². The Bertz CT molecular complexity index is 1320. The number of carbonyl (C=O) groups is 1. The molecule has 0 N–H and O–H groups in total. The molecule has 174 valence electrons. The SMILES string of the molecule is CCN(Cc1ccc(OC)c(F)c1)C(=O)CSc1nnc(-c2ccc(F)cc2)c2ccccc12. The van der Waals surface area contributed by atoms with Gasteiger partial charge in [0.1, 0.15) is 16.5 Å². The Hall–Kier alpha value is -3.52. The van der Waals surface area contributed by atoms with E-state index in [-0.39, 0.29) is 23.2 Å². The van der Waals surface area contributed by atoms with Gasteiger partial charge < -0.3 is 9.64 Å². The molecule has 5 nitrogen and oxygen atoms in total. The topological polar surface area (TPSA) is 55.3 Å². The third kappa shape index (κ3) is 5.17. The number of thioether (sulfide) groups is 1. The molecule has 1 heterocycles. The smallest absolute Gasteiger partial charge is 0.233 e. The van der Waals surface area contributed by atoms with E-state index >= 15 is 0 Å². The number of methoxy groups -OCH3 is 1. The van der Waals surface area contributed by atoms with Gasteiger partial charge in [0.05, 0.1) is 12.9 Å². The predicted molar refractivity (Wildman–Crippen MR) is 130 cm³/mol. The summed E-state index contributed by atoms with van der Waals surface area (Å²) in [5.74, 6) is -0.521. The Balaban J connectivity index is 1.51. The molecular formula is C26H23F2N3O2S. The van der Waals surface area contributed by atoms with Crippen LogP contribution in [0, 0.1) is 11.6 Å². The van der Waals surface area contributed by atoms with E-state index in [2.05, 4.69) is 10.2 Å². The van der Waals surface area contributed by atoms with Crippen molar-refractivity contribution in [2.75, 3.05) is 19.4 Å². The summed E-state index contributed by atoms with van der Waals surface area (Å²) in [7, 11) is 1.41. The summed E-state index contributed by atoms with van der Waals surface area (Å²) >= 11 is 1.31.